The number of phenolic OH excluding ortho intramolecular Hbond substituents is 1. The third-order valence-electron chi connectivity index (χ3n) is 3.04. The third-order valence-corrected chi connectivity index (χ3v) is 3.04. The van der Waals surface area contributed by atoms with Crippen LogP contribution in [0, 0.1) is 5.41 Å². The molecule has 4 heteroatoms. The fourth-order valence-corrected chi connectivity index (χ4v) is 1.84. The molecule has 16 heavy (non-hydrogen) atoms. The molecule has 4 nitrogen and oxygen atoms in total. The van der Waals surface area contributed by atoms with E-state index in [1.807, 2.05) is 6.92 Å². The smallest absolute Gasteiger partial charge is 0.231 e. The fraction of sp³-hybridized carbons (Fsp3) is 0.417. The number of nitrogens with one attached hydrogen (secondary N) is 2. The number of aromatic hydroxyl groups is 1. The summed E-state index contributed by atoms with van der Waals surface area (Å²) < 4.78 is 0. The van der Waals surface area contributed by atoms with Crippen LogP contribution in [-0.2, 0) is 4.79 Å². The molecule has 1 aliphatic rings. The molecule has 0 radical (unpaired) electrons. The van der Waals surface area contributed by atoms with Crippen LogP contribution in [0.4, 0.5) is 5.69 Å². The number of benzene rings is 1. The van der Waals surface area contributed by atoms with Crippen molar-refractivity contribution in [2.45, 2.75) is 13.3 Å². The summed E-state index contributed by atoms with van der Waals surface area (Å²) in [4.78, 5) is 12.0. The molecule has 3 N–H and O–H groups in total. The number of rotatable bonds is 2. The van der Waals surface area contributed by atoms with Crippen molar-refractivity contribution >= 4 is 11.6 Å². The van der Waals surface area contributed by atoms with Crippen molar-refractivity contribution in [1.29, 1.82) is 0 Å². The standard InChI is InChI=1S/C12H16N2O2/c1-12(6-7-13-8-12)11(16)14-9-2-4-10(15)5-3-9/h2-5,13,15H,6-8H2,1H3,(H,14,16). The molecule has 1 aromatic carbocycles. The zero-order chi connectivity index (χ0) is 11.6. The van der Waals surface area contributed by atoms with Gasteiger partial charge in [-0.2, -0.15) is 0 Å². The van der Waals surface area contributed by atoms with E-state index < -0.39 is 0 Å². The maximum absolute atomic E-state index is 12.0. The normalized spacial score (nSPS) is 24.3. The minimum absolute atomic E-state index is 0.0307. The van der Waals surface area contributed by atoms with Gasteiger partial charge in [0.05, 0.1) is 5.41 Å². The summed E-state index contributed by atoms with van der Waals surface area (Å²) in [5.41, 5.74) is 0.397. The molecule has 0 bridgehead atoms. The molecule has 0 aromatic heterocycles. The van der Waals surface area contributed by atoms with Crippen LogP contribution < -0.4 is 10.6 Å². The van der Waals surface area contributed by atoms with E-state index in [9.17, 15) is 4.79 Å². The molecule has 1 fully saturated rings. The molecule has 0 saturated carbocycles. The highest BCUT2D eigenvalue weighted by atomic mass is 16.3. The Morgan fingerprint density at radius 2 is 2.12 bits per heavy atom. The molecule has 0 spiro atoms. The van der Waals surface area contributed by atoms with Gasteiger partial charge in [-0.05, 0) is 44.2 Å². The second kappa shape index (κ2) is 4.14. The summed E-state index contributed by atoms with van der Waals surface area (Å²) in [7, 11) is 0. The van der Waals surface area contributed by atoms with E-state index in [1.54, 1.807) is 24.3 Å². The maximum Gasteiger partial charge on any atom is 0.231 e. The van der Waals surface area contributed by atoms with Crippen molar-refractivity contribution in [3.8, 4) is 5.75 Å². The molecule has 0 aliphatic carbocycles. The van der Waals surface area contributed by atoms with Crippen molar-refractivity contribution < 1.29 is 9.90 Å². The Kier molecular flexibility index (Phi) is 2.83. The SMILES string of the molecule is CC1(C(=O)Nc2ccc(O)cc2)CCNC1. The van der Waals surface area contributed by atoms with Gasteiger partial charge in [0, 0.05) is 12.2 Å². The molecule has 1 atom stereocenters. The zero-order valence-electron chi connectivity index (χ0n) is 9.29. The summed E-state index contributed by atoms with van der Waals surface area (Å²) in [5, 5.41) is 15.2. The first-order valence-corrected chi connectivity index (χ1v) is 5.41. The Morgan fingerprint density at radius 3 is 2.69 bits per heavy atom. The van der Waals surface area contributed by atoms with E-state index in [4.69, 9.17) is 5.11 Å². The van der Waals surface area contributed by atoms with Gasteiger partial charge in [0.25, 0.3) is 0 Å². The summed E-state index contributed by atoms with van der Waals surface area (Å²) in [6.45, 7) is 3.57. The van der Waals surface area contributed by atoms with Gasteiger partial charge in [-0.25, -0.2) is 0 Å². The first-order chi connectivity index (χ1) is 7.60. The number of phenols is 1. The molecular weight excluding hydrogens is 204 g/mol. The van der Waals surface area contributed by atoms with Gasteiger partial charge in [0.15, 0.2) is 0 Å². The number of amides is 1. The van der Waals surface area contributed by atoms with E-state index in [1.165, 1.54) is 0 Å². The Labute approximate surface area is 94.7 Å². The summed E-state index contributed by atoms with van der Waals surface area (Å²) in [6, 6.07) is 6.51. The van der Waals surface area contributed by atoms with Gasteiger partial charge in [-0.1, -0.05) is 0 Å². The van der Waals surface area contributed by atoms with Crippen LogP contribution in [0.15, 0.2) is 24.3 Å². The third kappa shape index (κ3) is 2.17. The van der Waals surface area contributed by atoms with Crippen molar-refractivity contribution in [1.82, 2.24) is 5.32 Å². The van der Waals surface area contributed by atoms with Crippen molar-refractivity contribution in [3.05, 3.63) is 24.3 Å². The molecule has 1 saturated heterocycles. The van der Waals surface area contributed by atoms with E-state index in [-0.39, 0.29) is 17.1 Å². The van der Waals surface area contributed by atoms with E-state index in [0.29, 0.717) is 0 Å². The van der Waals surface area contributed by atoms with Gasteiger partial charge in [0.2, 0.25) is 5.91 Å². The highest BCUT2D eigenvalue weighted by Crippen LogP contribution is 2.26. The lowest BCUT2D eigenvalue weighted by molar-refractivity contribution is -0.123. The lowest BCUT2D eigenvalue weighted by Crippen LogP contribution is -2.35. The average molecular weight is 220 g/mol. The Hall–Kier alpha value is -1.55. The molecular formula is C12H16N2O2. The summed E-state index contributed by atoms with van der Waals surface area (Å²) >= 11 is 0. The monoisotopic (exact) mass is 220 g/mol. The number of hydrogen-bond acceptors (Lipinski definition) is 3. The Balaban J connectivity index is 2.04. The van der Waals surface area contributed by atoms with Crippen LogP contribution in [0.2, 0.25) is 0 Å². The van der Waals surface area contributed by atoms with Gasteiger partial charge in [0.1, 0.15) is 5.75 Å². The van der Waals surface area contributed by atoms with Crippen LogP contribution >= 0.6 is 0 Å². The molecule has 1 amide bonds. The van der Waals surface area contributed by atoms with Crippen LogP contribution in [0.3, 0.4) is 0 Å². The molecule has 1 aliphatic heterocycles. The molecule has 1 heterocycles. The highest BCUT2D eigenvalue weighted by molar-refractivity contribution is 5.95. The van der Waals surface area contributed by atoms with Gasteiger partial charge in [-0.3, -0.25) is 4.79 Å². The molecule has 1 aromatic rings. The molecule has 2 rings (SSSR count). The minimum Gasteiger partial charge on any atom is -0.508 e. The Bertz CT molecular complexity index is 381. The lowest BCUT2D eigenvalue weighted by Gasteiger charge is -2.21. The highest BCUT2D eigenvalue weighted by Gasteiger charge is 2.36. The van der Waals surface area contributed by atoms with Crippen LogP contribution in [-0.4, -0.2) is 24.1 Å². The number of anilines is 1. The van der Waals surface area contributed by atoms with E-state index in [2.05, 4.69) is 10.6 Å². The second-order valence-electron chi connectivity index (χ2n) is 4.49. The first-order valence-electron chi connectivity index (χ1n) is 5.41. The number of carbonyl (C=O) groups excluding carboxylic acids is 1. The van der Waals surface area contributed by atoms with E-state index >= 15 is 0 Å². The predicted molar refractivity (Wildman–Crippen MR) is 62.3 cm³/mol. The first kappa shape index (κ1) is 11.0. The summed E-state index contributed by atoms with van der Waals surface area (Å²) in [5.74, 6) is 0.231. The molecule has 1 unspecified atom stereocenters. The van der Waals surface area contributed by atoms with Crippen molar-refractivity contribution in [2.75, 3.05) is 18.4 Å². The Morgan fingerprint density at radius 1 is 1.44 bits per heavy atom. The number of hydrogen-bond donors (Lipinski definition) is 3. The van der Waals surface area contributed by atoms with Gasteiger partial charge < -0.3 is 15.7 Å². The molecule has 86 valence electrons. The fourth-order valence-electron chi connectivity index (χ4n) is 1.84. The van der Waals surface area contributed by atoms with Crippen LogP contribution in [0.5, 0.6) is 5.75 Å². The average Bonchev–Trinajstić information content (AvgIpc) is 2.70. The zero-order valence-corrected chi connectivity index (χ0v) is 9.29. The quantitative estimate of drug-likeness (QED) is 0.659. The van der Waals surface area contributed by atoms with E-state index in [0.717, 1.165) is 25.2 Å². The minimum atomic E-state index is -0.322. The van der Waals surface area contributed by atoms with Crippen LogP contribution in [0.25, 0.3) is 0 Å². The van der Waals surface area contributed by atoms with Crippen molar-refractivity contribution in [3.63, 3.8) is 0 Å². The largest absolute Gasteiger partial charge is 0.508 e. The van der Waals surface area contributed by atoms with Gasteiger partial charge in [-0.15, -0.1) is 0 Å². The van der Waals surface area contributed by atoms with Crippen molar-refractivity contribution in [2.24, 2.45) is 5.41 Å². The summed E-state index contributed by atoms with van der Waals surface area (Å²) in [6.07, 6.45) is 0.858. The predicted octanol–water partition coefficient (Wildman–Crippen LogP) is 1.33. The topological polar surface area (TPSA) is 61.4 Å². The van der Waals surface area contributed by atoms with Crippen LogP contribution in [0.1, 0.15) is 13.3 Å². The maximum atomic E-state index is 12.0. The lowest BCUT2D eigenvalue weighted by atomic mass is 9.89. The van der Waals surface area contributed by atoms with Gasteiger partial charge >= 0.3 is 0 Å². The second-order valence-corrected chi connectivity index (χ2v) is 4.49. The number of carbonyl (C=O) groups is 1.